The summed E-state index contributed by atoms with van der Waals surface area (Å²) < 4.78 is 4.09. The van der Waals surface area contributed by atoms with Crippen molar-refractivity contribution in [3.63, 3.8) is 0 Å². The molecule has 0 saturated heterocycles. The summed E-state index contributed by atoms with van der Waals surface area (Å²) in [6.45, 7) is 3.62. The van der Waals surface area contributed by atoms with Gasteiger partial charge >= 0.3 is 5.69 Å². The molecule has 0 saturated carbocycles. The Morgan fingerprint density at radius 1 is 0.938 bits per heavy atom. The number of aromatic amines is 1. The molecular weight excluding hydrogens is 410 g/mol. The Bertz CT molecular complexity index is 1500. The minimum atomic E-state index is -0.809. The number of para-hydroxylation sites is 1. The lowest BCUT2D eigenvalue weighted by molar-refractivity contribution is 0.430. The lowest BCUT2D eigenvalue weighted by Gasteiger charge is -2.09. The van der Waals surface area contributed by atoms with Gasteiger partial charge in [-0.25, -0.2) is 19.0 Å². The number of benzene rings is 2. The van der Waals surface area contributed by atoms with Gasteiger partial charge in [0.25, 0.3) is 11.1 Å². The number of nitrogens with zero attached hydrogens (tertiary/aromatic N) is 4. The van der Waals surface area contributed by atoms with Crippen LogP contribution in [0.5, 0.6) is 5.88 Å². The molecule has 0 unspecified atom stereocenters. The highest BCUT2D eigenvalue weighted by Gasteiger charge is 2.17. The van der Waals surface area contributed by atoms with Gasteiger partial charge in [0, 0.05) is 13.3 Å². The third-order valence-electron chi connectivity index (χ3n) is 5.26. The van der Waals surface area contributed by atoms with E-state index in [9.17, 15) is 19.5 Å². The van der Waals surface area contributed by atoms with Crippen LogP contribution in [-0.4, -0.2) is 30.2 Å². The minimum Gasteiger partial charge on any atom is -0.493 e. The van der Waals surface area contributed by atoms with Crippen molar-refractivity contribution in [2.75, 3.05) is 0 Å². The van der Waals surface area contributed by atoms with Crippen LogP contribution >= 0.6 is 0 Å². The van der Waals surface area contributed by atoms with Gasteiger partial charge in [0.05, 0.1) is 17.1 Å². The molecule has 0 amide bonds. The minimum absolute atomic E-state index is 0.114. The molecule has 0 atom stereocenters. The highest BCUT2D eigenvalue weighted by atomic mass is 16.3. The molecule has 0 aliphatic rings. The van der Waals surface area contributed by atoms with Crippen molar-refractivity contribution in [2.24, 2.45) is 12.0 Å². The number of rotatable bonds is 4. The Kier molecular flexibility index (Phi) is 5.23. The maximum absolute atomic E-state index is 13.0. The molecule has 9 heteroatoms. The Morgan fingerprint density at radius 3 is 2.25 bits per heavy atom. The zero-order valence-corrected chi connectivity index (χ0v) is 17.7. The monoisotopic (exact) mass is 431 g/mol. The zero-order chi connectivity index (χ0) is 23.0. The Hall–Kier alpha value is -4.40. The molecule has 4 aromatic rings. The summed E-state index contributed by atoms with van der Waals surface area (Å²) in [5.74, 6) is -0.566. The Balaban J connectivity index is 1.84. The third-order valence-corrected chi connectivity index (χ3v) is 5.26. The van der Waals surface area contributed by atoms with Crippen LogP contribution in [0.15, 0.2) is 74.0 Å². The fourth-order valence-electron chi connectivity index (χ4n) is 3.42. The van der Waals surface area contributed by atoms with Gasteiger partial charge in [0.15, 0.2) is 5.69 Å². The molecule has 0 radical (unpaired) electrons. The Morgan fingerprint density at radius 2 is 1.59 bits per heavy atom. The first-order chi connectivity index (χ1) is 15.3. The van der Waals surface area contributed by atoms with Crippen molar-refractivity contribution in [3.8, 4) is 17.3 Å². The van der Waals surface area contributed by atoms with E-state index in [2.05, 4.69) is 9.98 Å². The maximum atomic E-state index is 13.0. The summed E-state index contributed by atoms with van der Waals surface area (Å²) in [7, 11) is 1.73. The molecule has 2 N–H and O–H groups in total. The summed E-state index contributed by atoms with van der Waals surface area (Å²) in [6, 6.07) is 15.9. The number of aryl methyl sites for hydroxylation is 1. The van der Waals surface area contributed by atoms with Crippen LogP contribution in [0.25, 0.3) is 11.4 Å². The van der Waals surface area contributed by atoms with E-state index in [1.165, 1.54) is 4.68 Å². The second kappa shape index (κ2) is 8.03. The quantitative estimate of drug-likeness (QED) is 0.482. The van der Waals surface area contributed by atoms with E-state index < -0.39 is 17.1 Å². The second-order valence-corrected chi connectivity index (χ2v) is 7.34. The summed E-state index contributed by atoms with van der Waals surface area (Å²) in [5.41, 5.74) is 0.495. The first kappa shape index (κ1) is 20.9. The molecule has 32 heavy (non-hydrogen) atoms. The number of aromatic hydroxyl groups is 1. The highest BCUT2D eigenvalue weighted by molar-refractivity contribution is 5.84. The average molecular weight is 431 g/mol. The fourth-order valence-corrected chi connectivity index (χ4v) is 3.42. The molecule has 9 nitrogen and oxygen atoms in total. The SMILES string of the molecule is Cc1ccc(-n2c(O)c(C=Nc3c(C)n(C)n(-c4ccccc4)c3=O)c(=O)[nH]c2=O)cc1. The van der Waals surface area contributed by atoms with E-state index in [-0.39, 0.29) is 16.8 Å². The van der Waals surface area contributed by atoms with Crippen LogP contribution in [0.3, 0.4) is 0 Å². The molecule has 2 aromatic carbocycles. The first-order valence-electron chi connectivity index (χ1n) is 9.83. The van der Waals surface area contributed by atoms with Crippen LogP contribution in [0.1, 0.15) is 16.8 Å². The van der Waals surface area contributed by atoms with Crippen LogP contribution in [0.4, 0.5) is 5.69 Å². The predicted octanol–water partition coefficient (Wildman–Crippen LogP) is 2.09. The standard InChI is InChI=1S/C23H21N5O4/c1-14-9-11-16(12-10-14)27-21(30)18(20(29)25-23(27)32)13-24-19-15(2)26(3)28(22(19)31)17-7-5-4-6-8-17/h4-13,30H,1-3H3,(H,25,29,32). The molecule has 162 valence electrons. The fraction of sp³-hybridized carbons (Fsp3) is 0.130. The van der Waals surface area contributed by atoms with Crippen LogP contribution in [-0.2, 0) is 7.05 Å². The largest absolute Gasteiger partial charge is 0.493 e. The van der Waals surface area contributed by atoms with Gasteiger partial charge in [-0.1, -0.05) is 35.9 Å². The van der Waals surface area contributed by atoms with Crippen molar-refractivity contribution in [3.05, 3.63) is 103 Å². The Labute approximate surface area is 182 Å². The number of hydrogen-bond acceptors (Lipinski definition) is 5. The van der Waals surface area contributed by atoms with Crippen molar-refractivity contribution in [2.45, 2.75) is 13.8 Å². The number of aliphatic imine (C=N–C) groups is 1. The number of aromatic nitrogens is 4. The summed E-state index contributed by atoms with van der Waals surface area (Å²) in [4.78, 5) is 44.1. The van der Waals surface area contributed by atoms with Gasteiger partial charge in [-0.2, -0.15) is 0 Å². The summed E-state index contributed by atoms with van der Waals surface area (Å²) in [5, 5.41) is 10.7. The highest BCUT2D eigenvalue weighted by Crippen LogP contribution is 2.19. The number of hydrogen-bond donors (Lipinski definition) is 2. The predicted molar refractivity (Wildman–Crippen MR) is 122 cm³/mol. The van der Waals surface area contributed by atoms with Crippen LogP contribution < -0.4 is 16.8 Å². The van der Waals surface area contributed by atoms with Gasteiger partial charge in [-0.3, -0.25) is 19.3 Å². The average Bonchev–Trinajstić information content (AvgIpc) is 2.98. The topological polar surface area (TPSA) is 114 Å². The van der Waals surface area contributed by atoms with E-state index in [1.54, 1.807) is 55.1 Å². The van der Waals surface area contributed by atoms with E-state index in [0.717, 1.165) is 16.3 Å². The molecule has 2 aromatic heterocycles. The third kappa shape index (κ3) is 3.49. The zero-order valence-electron chi connectivity index (χ0n) is 17.7. The van der Waals surface area contributed by atoms with Gasteiger partial charge in [-0.05, 0) is 38.1 Å². The maximum Gasteiger partial charge on any atom is 0.335 e. The van der Waals surface area contributed by atoms with E-state index in [4.69, 9.17) is 0 Å². The van der Waals surface area contributed by atoms with Crippen molar-refractivity contribution >= 4 is 11.9 Å². The van der Waals surface area contributed by atoms with Crippen molar-refractivity contribution < 1.29 is 5.11 Å². The normalized spacial score (nSPS) is 11.3. The van der Waals surface area contributed by atoms with Gasteiger partial charge < -0.3 is 5.11 Å². The molecule has 0 spiro atoms. The number of H-pyrrole nitrogens is 1. The second-order valence-electron chi connectivity index (χ2n) is 7.34. The smallest absolute Gasteiger partial charge is 0.335 e. The van der Waals surface area contributed by atoms with E-state index in [0.29, 0.717) is 17.1 Å². The number of nitrogens with one attached hydrogen (secondary N) is 1. The lowest BCUT2D eigenvalue weighted by atomic mass is 10.2. The van der Waals surface area contributed by atoms with Crippen molar-refractivity contribution in [1.82, 2.24) is 18.9 Å². The van der Waals surface area contributed by atoms with E-state index in [1.807, 2.05) is 25.1 Å². The molecular formula is C23H21N5O4. The van der Waals surface area contributed by atoms with Gasteiger partial charge in [0.1, 0.15) is 5.56 Å². The van der Waals surface area contributed by atoms with Crippen LogP contribution in [0.2, 0.25) is 0 Å². The molecule has 4 rings (SSSR count). The molecule has 0 fully saturated rings. The molecule has 0 bridgehead atoms. The van der Waals surface area contributed by atoms with E-state index >= 15 is 0 Å². The molecule has 0 aliphatic heterocycles. The first-order valence-corrected chi connectivity index (χ1v) is 9.83. The van der Waals surface area contributed by atoms with Crippen LogP contribution in [0, 0.1) is 13.8 Å². The summed E-state index contributed by atoms with van der Waals surface area (Å²) >= 11 is 0. The molecule has 0 aliphatic carbocycles. The summed E-state index contributed by atoms with van der Waals surface area (Å²) in [6.07, 6.45) is 1.09. The van der Waals surface area contributed by atoms with Gasteiger partial charge in [-0.15, -0.1) is 0 Å². The lowest BCUT2D eigenvalue weighted by Crippen LogP contribution is -2.31. The van der Waals surface area contributed by atoms with Gasteiger partial charge in [0.2, 0.25) is 5.88 Å². The van der Waals surface area contributed by atoms with Crippen molar-refractivity contribution in [1.29, 1.82) is 0 Å². The molecule has 2 heterocycles.